The van der Waals surface area contributed by atoms with E-state index in [0.29, 0.717) is 0 Å². The van der Waals surface area contributed by atoms with Gasteiger partial charge in [-0.2, -0.15) is 17.7 Å². The zero-order chi connectivity index (χ0) is 35.0. The summed E-state index contributed by atoms with van der Waals surface area (Å²) in [7, 11) is -1.67. The Morgan fingerprint density at radius 2 is 1.59 bits per heavy atom. The minimum atomic E-state index is -1.67. The van der Waals surface area contributed by atoms with Crippen molar-refractivity contribution in [2.75, 3.05) is 4.90 Å². The standard InChI is InChI=1S/C25H16N2O.C18H24NSi.Ir/c1-2-8-18(9-3-1)27-22-12-6-5-11-21(22)26-25(27)17-14-15-20-19-10-4-7-13-23(19)28-24(20)16-17;1-14(2)11-16-12-17(15-9-7-6-8-10-15)19-13-18(16)20(3,4)5;/h1-13,15-16,25H;6-9,12-14H,11H2,1-5H3;/q-2;-1;+3/i;11D2;. The maximum absolute atomic E-state index is 8.55. The number of hydrogen-bond donors (Lipinski definition) is 0. The van der Waals surface area contributed by atoms with Crippen molar-refractivity contribution in [2.45, 2.75) is 46.0 Å². The molecule has 1 aliphatic heterocycles. The fraction of sp³-hybridized carbons (Fsp3) is 0.186. The molecule has 246 valence electrons. The first-order valence-corrected chi connectivity index (χ1v) is 20.0. The molecule has 49 heavy (non-hydrogen) atoms. The van der Waals surface area contributed by atoms with Gasteiger partial charge in [-0.25, -0.2) is 0 Å². The van der Waals surface area contributed by atoms with Gasteiger partial charge in [0.05, 0.1) is 8.07 Å². The van der Waals surface area contributed by atoms with E-state index in [-0.39, 0.29) is 32.2 Å². The maximum Gasteiger partial charge on any atom is 3.00 e. The van der Waals surface area contributed by atoms with Crippen LogP contribution in [-0.4, -0.2) is 13.1 Å². The van der Waals surface area contributed by atoms with E-state index in [1.807, 2.05) is 86.8 Å². The molecule has 0 saturated heterocycles. The van der Waals surface area contributed by atoms with Gasteiger partial charge in [-0.15, -0.1) is 47.6 Å². The van der Waals surface area contributed by atoms with Crippen molar-refractivity contribution < 1.29 is 27.3 Å². The second-order valence-corrected chi connectivity index (χ2v) is 18.4. The Morgan fingerprint density at radius 3 is 2.35 bits per heavy atom. The summed E-state index contributed by atoms with van der Waals surface area (Å²) in [6.07, 6.45) is 0.359. The number of furan rings is 1. The van der Waals surface area contributed by atoms with Gasteiger partial charge in [0, 0.05) is 25.9 Å². The molecule has 6 heteroatoms. The molecule has 1 atom stereocenters. The molecule has 3 heterocycles. The van der Waals surface area contributed by atoms with Crippen LogP contribution in [0.5, 0.6) is 0 Å². The monoisotopic (exact) mass is 837 g/mol. The van der Waals surface area contributed by atoms with Gasteiger partial charge in [-0.3, -0.25) is 0 Å². The van der Waals surface area contributed by atoms with E-state index < -0.39 is 14.4 Å². The molecule has 5 aromatic carbocycles. The van der Waals surface area contributed by atoms with Crippen LogP contribution in [0.4, 0.5) is 17.1 Å². The van der Waals surface area contributed by atoms with Gasteiger partial charge in [-0.05, 0) is 59.0 Å². The Kier molecular flexibility index (Phi) is 9.43. The van der Waals surface area contributed by atoms with Crippen molar-refractivity contribution in [1.29, 1.82) is 0 Å². The van der Waals surface area contributed by atoms with E-state index in [1.54, 1.807) is 0 Å². The van der Waals surface area contributed by atoms with Gasteiger partial charge in [0.25, 0.3) is 0 Å². The quantitative estimate of drug-likeness (QED) is 0.124. The van der Waals surface area contributed by atoms with Gasteiger partial charge in [0.15, 0.2) is 0 Å². The third kappa shape index (κ3) is 7.28. The van der Waals surface area contributed by atoms with Gasteiger partial charge in [0.2, 0.25) is 0 Å². The number of pyridine rings is 1. The molecule has 1 unspecified atom stereocenters. The molecule has 0 spiro atoms. The Labute approximate surface area is 307 Å². The second-order valence-electron chi connectivity index (χ2n) is 13.4. The number of anilines is 2. The number of fused-ring (bicyclic) bond motifs is 4. The molecule has 1 aliphatic rings. The summed E-state index contributed by atoms with van der Waals surface area (Å²) in [6.45, 7) is 10.6. The van der Waals surface area contributed by atoms with E-state index in [0.717, 1.165) is 66.6 Å². The van der Waals surface area contributed by atoms with E-state index in [2.05, 4.69) is 96.3 Å². The summed E-state index contributed by atoms with van der Waals surface area (Å²) in [5.74, 6) is -0.0856. The number of aromatic nitrogens is 1. The van der Waals surface area contributed by atoms with Crippen LogP contribution in [-0.2, 0) is 26.5 Å². The number of benzene rings is 5. The van der Waals surface area contributed by atoms with Gasteiger partial charge in [0.1, 0.15) is 5.58 Å². The molecule has 0 aliphatic carbocycles. The van der Waals surface area contributed by atoms with Crippen LogP contribution < -0.4 is 10.1 Å². The van der Waals surface area contributed by atoms with Crippen molar-refractivity contribution in [2.24, 2.45) is 5.92 Å². The Bertz CT molecular complexity index is 2270. The van der Waals surface area contributed by atoms with Crippen LogP contribution >= 0.6 is 0 Å². The van der Waals surface area contributed by atoms with Crippen molar-refractivity contribution in [3.63, 3.8) is 0 Å². The molecule has 7 aromatic rings. The average Bonchev–Trinajstić information content (AvgIpc) is 3.70. The predicted octanol–water partition coefficient (Wildman–Crippen LogP) is 11.5. The van der Waals surface area contributed by atoms with E-state index in [9.17, 15) is 0 Å². The smallest absolute Gasteiger partial charge is 0.661 e. The Hall–Kier alpha value is -4.48. The van der Waals surface area contributed by atoms with E-state index in [4.69, 9.17) is 12.5 Å². The molecule has 4 nitrogen and oxygen atoms in total. The summed E-state index contributed by atoms with van der Waals surface area (Å²) < 4.78 is 23.2. The molecule has 8 rings (SSSR count). The normalized spacial score (nSPS) is 14.7. The zero-order valence-corrected chi connectivity index (χ0v) is 31.8. The Balaban J connectivity index is 0.000000178. The molecule has 0 fully saturated rings. The van der Waals surface area contributed by atoms with Gasteiger partial charge in [-0.1, -0.05) is 105 Å². The van der Waals surface area contributed by atoms with Crippen LogP contribution in [0, 0.1) is 18.1 Å². The molecule has 2 aromatic heterocycles. The first-order chi connectivity index (χ1) is 24.0. The van der Waals surface area contributed by atoms with Crippen molar-refractivity contribution in [3.05, 3.63) is 156 Å². The summed E-state index contributed by atoms with van der Waals surface area (Å²) in [5, 5.41) is 8.30. The topological polar surface area (TPSA) is 43.4 Å². The third-order valence-electron chi connectivity index (χ3n) is 8.43. The maximum atomic E-state index is 8.55. The Morgan fingerprint density at radius 1 is 0.857 bits per heavy atom. The molecular weight excluding hydrogens is 795 g/mol. The number of nitrogens with zero attached hydrogens (tertiary/aromatic N) is 3. The summed E-state index contributed by atoms with van der Waals surface area (Å²) in [6, 6.07) is 47.1. The fourth-order valence-electron chi connectivity index (χ4n) is 6.19. The SMILES string of the molecule is [2H]C([2H])(c1cc(-c2[c-]cccc2)ncc1[Si](C)(C)C)C(C)C.[Ir+3].[c-]1cc2c(cc1C1[N-]c3ccccc3N1c1ccccc1)oc1ccccc12. The van der Waals surface area contributed by atoms with Gasteiger partial charge >= 0.3 is 20.1 Å². The molecule has 0 saturated carbocycles. The van der Waals surface area contributed by atoms with Crippen LogP contribution in [0.3, 0.4) is 0 Å². The minimum Gasteiger partial charge on any atom is -0.661 e. The van der Waals surface area contributed by atoms with Crippen LogP contribution in [0.2, 0.25) is 19.6 Å². The molecule has 0 bridgehead atoms. The molecule has 0 N–H and O–H groups in total. The van der Waals surface area contributed by atoms with Crippen molar-refractivity contribution >= 4 is 52.3 Å². The third-order valence-corrected chi connectivity index (χ3v) is 10.4. The fourth-order valence-corrected chi connectivity index (χ4v) is 7.59. The number of para-hydroxylation sites is 4. The molecule has 0 amide bonds. The molecule has 0 radical (unpaired) electrons. The zero-order valence-electron chi connectivity index (χ0n) is 30.4. The minimum absolute atomic E-state index is 0. The van der Waals surface area contributed by atoms with Crippen molar-refractivity contribution in [1.82, 2.24) is 4.98 Å². The largest absolute Gasteiger partial charge is 3.00 e. The number of rotatable bonds is 6. The average molecular weight is 837 g/mol. The van der Waals surface area contributed by atoms with Crippen LogP contribution in [0.15, 0.2) is 132 Å². The summed E-state index contributed by atoms with van der Waals surface area (Å²) in [5.41, 5.74) is 8.47. The second kappa shape index (κ2) is 14.6. The summed E-state index contributed by atoms with van der Waals surface area (Å²) >= 11 is 0. The van der Waals surface area contributed by atoms with E-state index in [1.165, 1.54) is 0 Å². The number of hydrogen-bond acceptors (Lipinski definition) is 3. The van der Waals surface area contributed by atoms with Crippen LogP contribution in [0.25, 0.3) is 38.5 Å². The van der Waals surface area contributed by atoms with E-state index >= 15 is 0 Å². The molecular formula is C43H40IrN3OSi. The predicted molar refractivity (Wildman–Crippen MR) is 203 cm³/mol. The van der Waals surface area contributed by atoms with Crippen molar-refractivity contribution in [3.8, 4) is 11.3 Å². The van der Waals surface area contributed by atoms with Crippen LogP contribution in [0.1, 0.15) is 33.9 Å². The summed E-state index contributed by atoms with van der Waals surface area (Å²) in [4.78, 5) is 6.85. The first-order valence-electron chi connectivity index (χ1n) is 17.5. The first kappa shape index (κ1) is 31.8. The van der Waals surface area contributed by atoms with Gasteiger partial charge < -0.3 is 19.6 Å².